The summed E-state index contributed by atoms with van der Waals surface area (Å²) in [6, 6.07) is 9.30. The van der Waals surface area contributed by atoms with Gasteiger partial charge in [0.2, 0.25) is 16.2 Å². The molecule has 0 radical (unpaired) electrons. The van der Waals surface area contributed by atoms with Gasteiger partial charge in [-0.3, -0.25) is 4.72 Å². The molecule has 24 heavy (non-hydrogen) atoms. The monoisotopic (exact) mass is 348 g/mol. The zero-order valence-corrected chi connectivity index (χ0v) is 14.4. The Morgan fingerprint density at radius 1 is 1.25 bits per heavy atom. The number of hydrogen-bond acceptors (Lipinski definition) is 4. The molecule has 2 aromatic rings. The summed E-state index contributed by atoms with van der Waals surface area (Å²) in [4.78, 5) is 0. The summed E-state index contributed by atoms with van der Waals surface area (Å²) in [6.07, 6.45) is 5.99. The molecule has 0 atom stereocenters. The first kappa shape index (κ1) is 16.6. The number of aromatic nitrogens is 1. The van der Waals surface area contributed by atoms with Crippen molar-refractivity contribution in [2.75, 3.05) is 23.4 Å². The number of nitrogens with one attached hydrogen (secondary N) is 1. The molecule has 1 aromatic carbocycles. The molecule has 0 amide bonds. The number of nitrogen functional groups attached to an aromatic ring is 1. The standard InChI is InChI=1S/C17H22N3O3S/c1-23-15-6-2-13(3-7-15)9-11-24(21,22)19-17-12-20(18)10-8-16(17)14-4-5-14/h2-3,6-8,10,12,14,19H,4-5,9,11,18H2,1H3/q+1. The summed E-state index contributed by atoms with van der Waals surface area (Å²) in [5.74, 6) is 6.94. The molecule has 0 aliphatic heterocycles. The second-order valence-electron chi connectivity index (χ2n) is 6.05. The minimum absolute atomic E-state index is 0.0168. The van der Waals surface area contributed by atoms with E-state index in [1.165, 1.54) is 4.68 Å². The van der Waals surface area contributed by atoms with Crippen molar-refractivity contribution in [3.8, 4) is 5.75 Å². The van der Waals surface area contributed by atoms with Gasteiger partial charge in [0.25, 0.3) is 0 Å². The van der Waals surface area contributed by atoms with Crippen molar-refractivity contribution in [2.45, 2.75) is 25.2 Å². The lowest BCUT2D eigenvalue weighted by Crippen LogP contribution is -2.44. The highest BCUT2D eigenvalue weighted by Gasteiger charge is 2.29. The van der Waals surface area contributed by atoms with Gasteiger partial charge in [-0.05, 0) is 48.4 Å². The maximum Gasteiger partial charge on any atom is 0.233 e. The van der Waals surface area contributed by atoms with Gasteiger partial charge in [-0.15, -0.1) is 0 Å². The van der Waals surface area contributed by atoms with Crippen molar-refractivity contribution in [1.29, 1.82) is 0 Å². The van der Waals surface area contributed by atoms with Crippen LogP contribution in [0.4, 0.5) is 5.69 Å². The second kappa shape index (κ2) is 6.68. The summed E-state index contributed by atoms with van der Waals surface area (Å²) in [5.41, 5.74) is 2.55. The number of benzene rings is 1. The number of nitrogens with two attached hydrogens (primary N) is 1. The molecule has 0 saturated heterocycles. The molecule has 3 rings (SSSR count). The predicted octanol–water partition coefficient (Wildman–Crippen LogP) is 1.56. The van der Waals surface area contributed by atoms with Crippen molar-refractivity contribution < 1.29 is 17.8 Å². The largest absolute Gasteiger partial charge is 0.497 e. The summed E-state index contributed by atoms with van der Waals surface area (Å²) >= 11 is 0. The molecule has 0 unspecified atom stereocenters. The minimum Gasteiger partial charge on any atom is -0.497 e. The zero-order valence-electron chi connectivity index (χ0n) is 13.6. The Bertz CT molecular complexity index is 815. The van der Waals surface area contributed by atoms with Gasteiger partial charge in [0.1, 0.15) is 11.4 Å². The summed E-state index contributed by atoms with van der Waals surface area (Å²) in [5, 5.41) is 0. The Morgan fingerprint density at radius 2 is 1.96 bits per heavy atom. The van der Waals surface area contributed by atoms with Gasteiger partial charge < -0.3 is 4.74 Å². The number of ether oxygens (including phenoxy) is 1. The Morgan fingerprint density at radius 3 is 2.58 bits per heavy atom. The van der Waals surface area contributed by atoms with Gasteiger partial charge in [-0.25, -0.2) is 14.3 Å². The summed E-state index contributed by atoms with van der Waals surface area (Å²) in [7, 11) is -1.84. The van der Waals surface area contributed by atoms with Crippen LogP contribution in [0.2, 0.25) is 0 Å². The fourth-order valence-corrected chi connectivity index (χ4v) is 3.73. The number of methoxy groups -OCH3 is 1. The summed E-state index contributed by atoms with van der Waals surface area (Å²) < 4.78 is 34.0. The molecule has 1 fully saturated rings. The SMILES string of the molecule is COc1ccc(CCS(=O)(=O)Nc2c[n+](N)ccc2C2CC2)cc1. The number of aryl methyl sites for hydroxylation is 1. The van der Waals surface area contributed by atoms with E-state index in [2.05, 4.69) is 4.72 Å². The lowest BCUT2D eigenvalue weighted by Gasteiger charge is -2.10. The van der Waals surface area contributed by atoms with Crippen LogP contribution < -0.4 is 20.0 Å². The Kier molecular flexibility index (Phi) is 4.62. The van der Waals surface area contributed by atoms with E-state index in [-0.39, 0.29) is 5.75 Å². The van der Waals surface area contributed by atoms with E-state index in [9.17, 15) is 8.42 Å². The maximum absolute atomic E-state index is 12.4. The first-order valence-corrected chi connectivity index (χ1v) is 9.56. The topological polar surface area (TPSA) is 85.3 Å². The number of anilines is 1. The lowest BCUT2D eigenvalue weighted by atomic mass is 10.1. The highest BCUT2D eigenvalue weighted by molar-refractivity contribution is 7.92. The van der Waals surface area contributed by atoms with Crippen LogP contribution in [0.15, 0.2) is 42.7 Å². The molecular formula is C17H22N3O3S+. The minimum atomic E-state index is -3.44. The van der Waals surface area contributed by atoms with Crippen molar-refractivity contribution in [3.05, 3.63) is 53.9 Å². The molecule has 0 spiro atoms. The van der Waals surface area contributed by atoms with E-state index in [0.29, 0.717) is 18.0 Å². The normalized spacial score (nSPS) is 14.4. The highest BCUT2D eigenvalue weighted by Crippen LogP contribution is 2.43. The van der Waals surface area contributed by atoms with E-state index < -0.39 is 10.0 Å². The molecule has 7 heteroatoms. The molecule has 1 aromatic heterocycles. The third kappa shape index (κ3) is 4.17. The molecule has 3 N–H and O–H groups in total. The molecular weight excluding hydrogens is 326 g/mol. The average molecular weight is 348 g/mol. The molecule has 1 heterocycles. The fourth-order valence-electron chi connectivity index (χ4n) is 2.62. The van der Waals surface area contributed by atoms with Crippen LogP contribution >= 0.6 is 0 Å². The third-order valence-electron chi connectivity index (χ3n) is 4.12. The Hall–Kier alpha value is -2.28. The van der Waals surface area contributed by atoms with Crippen LogP contribution in [0.1, 0.15) is 29.9 Å². The van der Waals surface area contributed by atoms with Gasteiger partial charge in [0.05, 0.1) is 12.9 Å². The first-order chi connectivity index (χ1) is 11.5. The van der Waals surface area contributed by atoms with E-state index in [1.54, 1.807) is 19.5 Å². The van der Waals surface area contributed by atoms with Crippen molar-refractivity contribution >= 4 is 15.7 Å². The van der Waals surface area contributed by atoms with Crippen LogP contribution in [-0.4, -0.2) is 21.3 Å². The van der Waals surface area contributed by atoms with Crippen LogP contribution in [-0.2, 0) is 16.4 Å². The summed E-state index contributed by atoms with van der Waals surface area (Å²) in [6.45, 7) is 0. The van der Waals surface area contributed by atoms with Crippen LogP contribution in [0, 0.1) is 0 Å². The quantitative estimate of drug-likeness (QED) is 0.587. The van der Waals surface area contributed by atoms with Gasteiger partial charge in [0.15, 0.2) is 6.20 Å². The van der Waals surface area contributed by atoms with E-state index >= 15 is 0 Å². The average Bonchev–Trinajstić information content (AvgIpc) is 3.38. The number of sulfonamides is 1. The molecule has 1 aliphatic carbocycles. The predicted molar refractivity (Wildman–Crippen MR) is 92.9 cm³/mol. The van der Waals surface area contributed by atoms with Crippen LogP contribution in [0.25, 0.3) is 0 Å². The Labute approximate surface area is 142 Å². The zero-order chi connectivity index (χ0) is 17.2. The molecule has 6 nitrogen and oxygen atoms in total. The number of rotatable bonds is 7. The van der Waals surface area contributed by atoms with Crippen LogP contribution in [0.5, 0.6) is 5.75 Å². The van der Waals surface area contributed by atoms with Gasteiger partial charge >= 0.3 is 0 Å². The Balaban J connectivity index is 1.68. The van der Waals surface area contributed by atoms with E-state index in [4.69, 9.17) is 10.6 Å². The van der Waals surface area contributed by atoms with Crippen LogP contribution in [0.3, 0.4) is 0 Å². The smallest absolute Gasteiger partial charge is 0.233 e. The molecule has 1 aliphatic rings. The fraction of sp³-hybridized carbons (Fsp3) is 0.353. The van der Waals surface area contributed by atoms with Gasteiger partial charge in [0, 0.05) is 6.07 Å². The number of pyridine rings is 1. The first-order valence-electron chi connectivity index (χ1n) is 7.90. The molecule has 1 saturated carbocycles. The maximum atomic E-state index is 12.4. The van der Waals surface area contributed by atoms with Crippen molar-refractivity contribution in [1.82, 2.24) is 0 Å². The van der Waals surface area contributed by atoms with Gasteiger partial charge in [-0.2, -0.15) is 0 Å². The molecule has 0 bridgehead atoms. The highest BCUT2D eigenvalue weighted by atomic mass is 32.2. The second-order valence-corrected chi connectivity index (χ2v) is 7.90. The van der Waals surface area contributed by atoms with E-state index in [1.807, 2.05) is 30.3 Å². The number of hydrogen-bond donors (Lipinski definition) is 2. The van der Waals surface area contributed by atoms with Gasteiger partial charge in [-0.1, -0.05) is 16.8 Å². The van der Waals surface area contributed by atoms with Crippen molar-refractivity contribution in [2.24, 2.45) is 0 Å². The number of nitrogens with zero attached hydrogens (tertiary/aromatic N) is 1. The third-order valence-corrected chi connectivity index (χ3v) is 5.39. The van der Waals surface area contributed by atoms with Crippen molar-refractivity contribution in [3.63, 3.8) is 0 Å². The van der Waals surface area contributed by atoms with E-state index in [0.717, 1.165) is 29.7 Å². The molecule has 128 valence electrons. The lowest BCUT2D eigenvalue weighted by molar-refractivity contribution is -0.638.